The summed E-state index contributed by atoms with van der Waals surface area (Å²) in [5, 5.41) is 10.2. The minimum atomic E-state index is -0.726. The summed E-state index contributed by atoms with van der Waals surface area (Å²) in [6.45, 7) is 0. The van der Waals surface area contributed by atoms with Crippen molar-refractivity contribution in [3.8, 4) is 11.5 Å². The van der Waals surface area contributed by atoms with E-state index in [1.807, 2.05) is 0 Å². The molecule has 0 radical (unpaired) electrons. The van der Waals surface area contributed by atoms with Crippen LogP contribution in [0.3, 0.4) is 0 Å². The lowest BCUT2D eigenvalue weighted by Gasteiger charge is -1.98. The van der Waals surface area contributed by atoms with Gasteiger partial charge in [-0.25, -0.2) is 4.79 Å². The van der Waals surface area contributed by atoms with Crippen molar-refractivity contribution in [3.63, 3.8) is 0 Å². The molecule has 0 atom stereocenters. The number of hydrogen-bond donors (Lipinski definition) is 1. The van der Waals surface area contributed by atoms with Crippen LogP contribution in [-0.2, 0) is 4.74 Å². The first kappa shape index (κ1) is 10.4. The van der Waals surface area contributed by atoms with E-state index in [1.54, 1.807) is 18.2 Å². The normalized spacial score (nSPS) is 10.4. The van der Waals surface area contributed by atoms with Crippen LogP contribution in [0.25, 0.3) is 11.0 Å². The van der Waals surface area contributed by atoms with Crippen LogP contribution in [0.1, 0.15) is 10.6 Å². The first-order chi connectivity index (χ1) is 7.69. The van der Waals surface area contributed by atoms with E-state index in [0.29, 0.717) is 16.7 Å². The molecular formula is C11H10O5. The summed E-state index contributed by atoms with van der Waals surface area (Å²) in [4.78, 5) is 11.3. The molecule has 0 aliphatic rings. The van der Waals surface area contributed by atoms with Gasteiger partial charge in [0.05, 0.1) is 19.6 Å². The van der Waals surface area contributed by atoms with Gasteiger partial charge in [-0.1, -0.05) is 6.07 Å². The maximum Gasteiger partial charge on any atom is 0.377 e. The molecule has 0 spiro atoms. The van der Waals surface area contributed by atoms with E-state index in [1.165, 1.54) is 14.2 Å². The van der Waals surface area contributed by atoms with Crippen LogP contribution < -0.4 is 4.74 Å². The first-order valence-corrected chi connectivity index (χ1v) is 4.55. The van der Waals surface area contributed by atoms with Crippen LogP contribution in [0.5, 0.6) is 11.5 Å². The topological polar surface area (TPSA) is 68.9 Å². The van der Waals surface area contributed by atoms with E-state index in [0.717, 1.165) is 0 Å². The second kappa shape index (κ2) is 3.77. The van der Waals surface area contributed by atoms with Gasteiger partial charge in [0, 0.05) is 0 Å². The molecule has 1 heterocycles. The number of carbonyl (C=O) groups excluding carboxylic acids is 1. The Bertz CT molecular complexity index is 541. The van der Waals surface area contributed by atoms with Crippen molar-refractivity contribution in [2.45, 2.75) is 0 Å². The van der Waals surface area contributed by atoms with Crippen LogP contribution in [0, 0.1) is 0 Å². The van der Waals surface area contributed by atoms with Gasteiger partial charge in [-0.3, -0.25) is 0 Å². The molecule has 2 rings (SSSR count). The Balaban J connectivity index is 2.72. The Hall–Kier alpha value is -2.17. The molecule has 0 bridgehead atoms. The van der Waals surface area contributed by atoms with Gasteiger partial charge in [0.15, 0.2) is 17.1 Å². The minimum absolute atomic E-state index is 0.220. The molecule has 0 aliphatic heterocycles. The van der Waals surface area contributed by atoms with Crippen LogP contribution in [0.15, 0.2) is 22.6 Å². The van der Waals surface area contributed by atoms with Crippen molar-refractivity contribution in [1.82, 2.24) is 0 Å². The number of furan rings is 1. The smallest absolute Gasteiger partial charge is 0.377 e. The average molecular weight is 222 g/mol. The summed E-state index contributed by atoms with van der Waals surface area (Å²) in [7, 11) is 2.69. The fraction of sp³-hybridized carbons (Fsp3) is 0.182. The van der Waals surface area contributed by atoms with Crippen molar-refractivity contribution >= 4 is 16.9 Å². The van der Waals surface area contributed by atoms with Crippen molar-refractivity contribution in [3.05, 3.63) is 24.0 Å². The van der Waals surface area contributed by atoms with Gasteiger partial charge in [-0.15, -0.1) is 0 Å². The van der Waals surface area contributed by atoms with Crippen molar-refractivity contribution in [2.75, 3.05) is 14.2 Å². The molecule has 16 heavy (non-hydrogen) atoms. The second-order valence-corrected chi connectivity index (χ2v) is 3.11. The molecule has 1 aromatic carbocycles. The largest absolute Gasteiger partial charge is 0.504 e. The molecule has 1 aromatic heterocycles. The van der Waals surface area contributed by atoms with E-state index < -0.39 is 5.97 Å². The van der Waals surface area contributed by atoms with Crippen LogP contribution >= 0.6 is 0 Å². The molecule has 0 fully saturated rings. The number of benzene rings is 1. The van der Waals surface area contributed by atoms with E-state index in [2.05, 4.69) is 4.74 Å². The zero-order chi connectivity index (χ0) is 11.7. The molecule has 0 amide bonds. The molecule has 0 saturated heterocycles. The van der Waals surface area contributed by atoms with Crippen LogP contribution in [-0.4, -0.2) is 25.3 Å². The maximum absolute atomic E-state index is 11.3. The van der Waals surface area contributed by atoms with Crippen molar-refractivity contribution in [1.29, 1.82) is 0 Å². The standard InChI is InChI=1S/C11H10O5/c1-14-7-5-3-4-6-8(12)10(11(13)15-2)16-9(6)7/h3-5,12H,1-2H3. The predicted molar refractivity (Wildman–Crippen MR) is 55.8 cm³/mol. The number of carbonyl (C=O) groups is 1. The van der Waals surface area contributed by atoms with Gasteiger partial charge in [0.1, 0.15) is 0 Å². The van der Waals surface area contributed by atoms with E-state index in [9.17, 15) is 9.90 Å². The lowest BCUT2D eigenvalue weighted by molar-refractivity contribution is 0.0563. The van der Waals surface area contributed by atoms with Gasteiger partial charge >= 0.3 is 5.97 Å². The van der Waals surface area contributed by atoms with Gasteiger partial charge in [-0.05, 0) is 12.1 Å². The van der Waals surface area contributed by atoms with E-state index in [-0.39, 0.29) is 11.5 Å². The summed E-state index contributed by atoms with van der Waals surface area (Å²) in [6.07, 6.45) is 0. The Labute approximate surface area is 91.2 Å². The maximum atomic E-state index is 11.3. The Kier molecular flexibility index (Phi) is 2.44. The van der Waals surface area contributed by atoms with E-state index >= 15 is 0 Å². The zero-order valence-corrected chi connectivity index (χ0v) is 8.81. The molecular weight excluding hydrogens is 212 g/mol. The second-order valence-electron chi connectivity index (χ2n) is 3.11. The lowest BCUT2D eigenvalue weighted by Crippen LogP contribution is -1.98. The number of rotatable bonds is 2. The molecule has 0 aliphatic carbocycles. The number of fused-ring (bicyclic) bond motifs is 1. The highest BCUT2D eigenvalue weighted by molar-refractivity contribution is 6.00. The van der Waals surface area contributed by atoms with Gasteiger partial charge < -0.3 is 19.0 Å². The van der Waals surface area contributed by atoms with E-state index in [4.69, 9.17) is 9.15 Å². The third-order valence-electron chi connectivity index (χ3n) is 2.24. The number of aromatic hydroxyl groups is 1. The third kappa shape index (κ3) is 1.37. The SMILES string of the molecule is COC(=O)c1oc2c(OC)cccc2c1O. The highest BCUT2D eigenvalue weighted by atomic mass is 16.5. The highest BCUT2D eigenvalue weighted by Gasteiger charge is 2.22. The monoisotopic (exact) mass is 222 g/mol. The molecule has 0 unspecified atom stereocenters. The predicted octanol–water partition coefficient (Wildman–Crippen LogP) is 1.93. The summed E-state index contributed by atoms with van der Waals surface area (Å²) in [5.41, 5.74) is 0.322. The third-order valence-corrected chi connectivity index (χ3v) is 2.24. The Morgan fingerprint density at radius 1 is 1.38 bits per heavy atom. The van der Waals surface area contributed by atoms with Gasteiger partial charge in [0.25, 0.3) is 5.76 Å². The van der Waals surface area contributed by atoms with Crippen LogP contribution in [0.2, 0.25) is 0 Å². The summed E-state index contributed by atoms with van der Waals surface area (Å²) < 4.78 is 14.8. The molecule has 1 N–H and O–H groups in total. The van der Waals surface area contributed by atoms with Crippen LogP contribution in [0.4, 0.5) is 0 Å². The van der Waals surface area contributed by atoms with Crippen molar-refractivity contribution in [2.24, 2.45) is 0 Å². The number of para-hydroxylation sites is 1. The lowest BCUT2D eigenvalue weighted by atomic mass is 10.2. The summed E-state index contributed by atoms with van der Waals surface area (Å²) >= 11 is 0. The number of esters is 1. The van der Waals surface area contributed by atoms with Crippen molar-refractivity contribution < 1.29 is 23.8 Å². The average Bonchev–Trinajstić information content (AvgIpc) is 2.66. The number of methoxy groups -OCH3 is 2. The minimum Gasteiger partial charge on any atom is -0.504 e. The molecule has 84 valence electrons. The molecule has 0 saturated carbocycles. The Morgan fingerprint density at radius 3 is 2.75 bits per heavy atom. The number of ether oxygens (including phenoxy) is 2. The summed E-state index contributed by atoms with van der Waals surface area (Å²) in [6, 6.07) is 4.99. The number of hydrogen-bond acceptors (Lipinski definition) is 5. The highest BCUT2D eigenvalue weighted by Crippen LogP contribution is 2.37. The Morgan fingerprint density at radius 2 is 2.12 bits per heavy atom. The fourth-order valence-electron chi connectivity index (χ4n) is 1.47. The van der Waals surface area contributed by atoms with Gasteiger partial charge in [-0.2, -0.15) is 0 Å². The fourth-order valence-corrected chi connectivity index (χ4v) is 1.47. The molecule has 5 heteroatoms. The molecule has 5 nitrogen and oxygen atoms in total. The zero-order valence-electron chi connectivity index (χ0n) is 8.81. The molecule has 2 aromatic rings. The first-order valence-electron chi connectivity index (χ1n) is 4.55. The van der Waals surface area contributed by atoms with Gasteiger partial charge in [0.2, 0.25) is 0 Å². The quantitative estimate of drug-likeness (QED) is 0.786. The summed E-state index contributed by atoms with van der Waals surface area (Å²) in [5.74, 6) is -0.735.